The molecule has 0 aliphatic carbocycles. The highest BCUT2D eigenvalue weighted by Gasteiger charge is 2.12. The Balaban J connectivity index is 2.03. The number of hydrogen-bond acceptors (Lipinski definition) is 5. The monoisotopic (exact) mass is 306 g/mol. The Bertz CT molecular complexity index is 700. The summed E-state index contributed by atoms with van der Waals surface area (Å²) in [5, 5.41) is 16.1. The predicted octanol–water partition coefficient (Wildman–Crippen LogP) is 0.633. The summed E-state index contributed by atoms with van der Waals surface area (Å²) in [5.41, 5.74) is 1.05. The number of carbonyl (C=O) groups excluding carboxylic acids is 2. The highest BCUT2D eigenvalue weighted by atomic mass is 19.1. The van der Waals surface area contributed by atoms with Gasteiger partial charge in [0.15, 0.2) is 0 Å². The minimum atomic E-state index is -0.581. The Kier molecular flexibility index (Phi) is 4.77. The third-order valence-corrected chi connectivity index (χ3v) is 2.74. The van der Waals surface area contributed by atoms with Crippen molar-refractivity contribution in [2.24, 2.45) is 0 Å². The van der Waals surface area contributed by atoms with Crippen LogP contribution in [0.15, 0.2) is 18.2 Å². The van der Waals surface area contributed by atoms with E-state index in [4.69, 9.17) is 0 Å². The van der Waals surface area contributed by atoms with Crippen molar-refractivity contribution in [1.82, 2.24) is 30.8 Å². The van der Waals surface area contributed by atoms with Crippen molar-refractivity contribution in [2.75, 3.05) is 6.54 Å². The summed E-state index contributed by atoms with van der Waals surface area (Å²) < 4.78 is 13.2. The van der Waals surface area contributed by atoms with Crippen molar-refractivity contribution in [3.8, 4) is 11.4 Å². The van der Waals surface area contributed by atoms with E-state index in [0.29, 0.717) is 17.7 Å². The molecular formula is C13H15FN6O2. The Hall–Kier alpha value is -2.84. The number of nitrogens with one attached hydrogen (secondary N) is 2. The van der Waals surface area contributed by atoms with Gasteiger partial charge in [0.25, 0.3) is 5.91 Å². The van der Waals surface area contributed by atoms with Crippen LogP contribution in [0.1, 0.15) is 12.5 Å². The van der Waals surface area contributed by atoms with Crippen molar-refractivity contribution in [1.29, 1.82) is 0 Å². The smallest absolute Gasteiger partial charge is 0.321 e. The molecule has 3 amide bonds. The average molecular weight is 306 g/mol. The van der Waals surface area contributed by atoms with E-state index in [0.717, 1.165) is 4.80 Å². The molecule has 0 saturated carbocycles. The number of aryl methyl sites for hydroxylation is 1. The zero-order valence-corrected chi connectivity index (χ0v) is 12.1. The van der Waals surface area contributed by atoms with Crippen LogP contribution >= 0.6 is 0 Å². The second kappa shape index (κ2) is 6.74. The van der Waals surface area contributed by atoms with Crippen molar-refractivity contribution < 1.29 is 14.0 Å². The molecule has 0 aliphatic rings. The van der Waals surface area contributed by atoms with E-state index in [1.807, 2.05) is 0 Å². The van der Waals surface area contributed by atoms with Gasteiger partial charge in [-0.3, -0.25) is 10.1 Å². The highest BCUT2D eigenvalue weighted by Crippen LogP contribution is 2.17. The SMILES string of the molecule is CCNC(=O)NC(=O)Cn1nnc(-c2ccc(F)c(C)c2)n1. The Morgan fingerprint density at radius 1 is 1.36 bits per heavy atom. The minimum absolute atomic E-state index is 0.246. The van der Waals surface area contributed by atoms with E-state index in [9.17, 15) is 14.0 Å². The summed E-state index contributed by atoms with van der Waals surface area (Å²) in [4.78, 5) is 23.8. The van der Waals surface area contributed by atoms with Gasteiger partial charge in [-0.2, -0.15) is 4.80 Å². The number of amides is 3. The normalized spacial score (nSPS) is 10.3. The lowest BCUT2D eigenvalue weighted by Gasteiger charge is -2.03. The first-order valence-electron chi connectivity index (χ1n) is 6.61. The molecule has 0 atom stereocenters. The van der Waals surface area contributed by atoms with E-state index in [1.165, 1.54) is 12.1 Å². The van der Waals surface area contributed by atoms with Crippen molar-refractivity contribution in [2.45, 2.75) is 20.4 Å². The molecule has 9 heteroatoms. The number of hydrogen-bond donors (Lipinski definition) is 2. The lowest BCUT2D eigenvalue weighted by Crippen LogP contribution is -2.41. The molecule has 0 radical (unpaired) electrons. The quantitative estimate of drug-likeness (QED) is 0.863. The van der Waals surface area contributed by atoms with Crippen LogP contribution in [0.5, 0.6) is 0 Å². The van der Waals surface area contributed by atoms with Gasteiger partial charge in [0.2, 0.25) is 5.82 Å². The number of urea groups is 1. The summed E-state index contributed by atoms with van der Waals surface area (Å²) in [7, 11) is 0. The van der Waals surface area contributed by atoms with Crippen LogP contribution in [0.3, 0.4) is 0 Å². The molecule has 2 aromatic rings. The summed E-state index contributed by atoms with van der Waals surface area (Å²) in [6.45, 7) is 3.53. The van der Waals surface area contributed by atoms with E-state index < -0.39 is 11.9 Å². The van der Waals surface area contributed by atoms with Crippen LogP contribution in [0.4, 0.5) is 9.18 Å². The van der Waals surface area contributed by atoms with Crippen LogP contribution in [-0.2, 0) is 11.3 Å². The van der Waals surface area contributed by atoms with E-state index >= 15 is 0 Å². The molecule has 2 rings (SSSR count). The molecule has 116 valence electrons. The van der Waals surface area contributed by atoms with Gasteiger partial charge in [-0.25, -0.2) is 9.18 Å². The fraction of sp³-hybridized carbons (Fsp3) is 0.308. The number of nitrogens with zero attached hydrogens (tertiary/aromatic N) is 4. The van der Waals surface area contributed by atoms with Gasteiger partial charge in [-0.05, 0) is 42.8 Å². The van der Waals surface area contributed by atoms with E-state index in [2.05, 4.69) is 26.0 Å². The van der Waals surface area contributed by atoms with E-state index in [1.54, 1.807) is 19.9 Å². The molecule has 0 saturated heterocycles. The van der Waals surface area contributed by atoms with E-state index in [-0.39, 0.29) is 18.2 Å². The topological polar surface area (TPSA) is 102 Å². The third-order valence-electron chi connectivity index (χ3n) is 2.74. The highest BCUT2D eigenvalue weighted by molar-refractivity contribution is 5.94. The fourth-order valence-corrected chi connectivity index (χ4v) is 1.71. The maximum absolute atomic E-state index is 13.2. The number of benzene rings is 1. The van der Waals surface area contributed by atoms with Crippen LogP contribution < -0.4 is 10.6 Å². The molecule has 0 aliphatic heterocycles. The molecule has 8 nitrogen and oxygen atoms in total. The molecule has 1 heterocycles. The molecule has 0 bridgehead atoms. The second-order valence-corrected chi connectivity index (χ2v) is 4.52. The first-order valence-corrected chi connectivity index (χ1v) is 6.61. The number of halogens is 1. The van der Waals surface area contributed by atoms with Crippen molar-refractivity contribution in [3.63, 3.8) is 0 Å². The Labute approximate surface area is 125 Å². The van der Waals surface area contributed by atoms with Crippen LogP contribution in [-0.4, -0.2) is 38.7 Å². The number of rotatable bonds is 4. The van der Waals surface area contributed by atoms with Crippen LogP contribution in [0.25, 0.3) is 11.4 Å². The predicted molar refractivity (Wildman–Crippen MR) is 75.2 cm³/mol. The Morgan fingerprint density at radius 2 is 2.14 bits per heavy atom. The lowest BCUT2D eigenvalue weighted by atomic mass is 10.1. The number of aromatic nitrogens is 4. The second-order valence-electron chi connectivity index (χ2n) is 4.52. The summed E-state index contributed by atoms with van der Waals surface area (Å²) in [6.07, 6.45) is 0. The molecule has 22 heavy (non-hydrogen) atoms. The molecule has 1 aromatic heterocycles. The van der Waals surface area contributed by atoms with Crippen molar-refractivity contribution in [3.05, 3.63) is 29.6 Å². The van der Waals surface area contributed by atoms with Gasteiger partial charge in [0.05, 0.1) is 0 Å². The molecule has 0 fully saturated rings. The molecule has 0 spiro atoms. The lowest BCUT2D eigenvalue weighted by molar-refractivity contribution is -0.121. The summed E-state index contributed by atoms with van der Waals surface area (Å²) in [6, 6.07) is 3.85. The average Bonchev–Trinajstić information content (AvgIpc) is 2.90. The maximum Gasteiger partial charge on any atom is 0.321 e. The van der Waals surface area contributed by atoms with Gasteiger partial charge in [0, 0.05) is 12.1 Å². The van der Waals surface area contributed by atoms with Gasteiger partial charge in [-0.15, -0.1) is 10.2 Å². The van der Waals surface area contributed by atoms with Crippen molar-refractivity contribution >= 4 is 11.9 Å². The fourth-order valence-electron chi connectivity index (χ4n) is 1.71. The number of tetrazole rings is 1. The Morgan fingerprint density at radius 3 is 2.82 bits per heavy atom. The van der Waals surface area contributed by atoms with Crippen LogP contribution in [0.2, 0.25) is 0 Å². The third kappa shape index (κ3) is 3.84. The van der Waals surface area contributed by atoms with Gasteiger partial charge in [-0.1, -0.05) is 0 Å². The zero-order chi connectivity index (χ0) is 16.1. The largest absolute Gasteiger partial charge is 0.338 e. The molecular weight excluding hydrogens is 291 g/mol. The zero-order valence-electron chi connectivity index (χ0n) is 12.1. The summed E-state index contributed by atoms with van der Waals surface area (Å²) in [5.74, 6) is -0.614. The van der Waals surface area contributed by atoms with Gasteiger partial charge < -0.3 is 5.32 Å². The molecule has 2 N–H and O–H groups in total. The summed E-state index contributed by atoms with van der Waals surface area (Å²) >= 11 is 0. The van der Waals surface area contributed by atoms with Crippen LogP contribution in [0, 0.1) is 12.7 Å². The number of imide groups is 1. The van der Waals surface area contributed by atoms with Gasteiger partial charge in [0.1, 0.15) is 12.4 Å². The maximum atomic E-state index is 13.2. The standard InChI is InChI=1S/C13H15FN6O2/c1-3-15-13(22)16-11(21)7-20-18-12(17-19-20)9-4-5-10(14)8(2)6-9/h4-6H,3,7H2,1-2H3,(H2,15,16,21,22). The molecule has 1 aromatic carbocycles. The first-order chi connectivity index (χ1) is 10.5. The number of carbonyl (C=O) groups is 2. The minimum Gasteiger partial charge on any atom is -0.338 e. The first kappa shape index (κ1) is 15.5. The van der Waals surface area contributed by atoms with Gasteiger partial charge >= 0.3 is 6.03 Å². The molecule has 0 unspecified atom stereocenters.